The Morgan fingerprint density at radius 3 is 2.50 bits per heavy atom. The number of carbonyl (C=O) groups is 1. The standard InChI is InChI=1S/C9H16NO4/c1-10-3-5-13-9(10,14-6-4-10)7-8(11)12-2/h3-7H2,1-2H3/q+1. The molecule has 80 valence electrons. The maximum absolute atomic E-state index is 11.3. The van der Waals surface area contributed by atoms with Crippen LogP contribution in [0.5, 0.6) is 0 Å². The van der Waals surface area contributed by atoms with Gasteiger partial charge in [-0.15, -0.1) is 0 Å². The summed E-state index contributed by atoms with van der Waals surface area (Å²) in [6.07, 6.45) is 0.181. The SMILES string of the molecule is COC(=O)CC12OCC[N+]1(C)CCO2. The third kappa shape index (κ3) is 1.24. The van der Waals surface area contributed by atoms with E-state index in [9.17, 15) is 4.79 Å². The van der Waals surface area contributed by atoms with Gasteiger partial charge in [0.25, 0.3) is 0 Å². The molecule has 2 saturated heterocycles. The first-order valence-electron chi connectivity index (χ1n) is 4.81. The van der Waals surface area contributed by atoms with Crippen LogP contribution in [-0.4, -0.2) is 56.8 Å². The van der Waals surface area contributed by atoms with Crippen molar-refractivity contribution < 1.29 is 23.5 Å². The molecule has 2 aliphatic heterocycles. The molecule has 0 aromatic carbocycles. The third-order valence-electron chi connectivity index (χ3n) is 3.24. The fourth-order valence-corrected chi connectivity index (χ4v) is 2.17. The Bertz CT molecular complexity index is 243. The Morgan fingerprint density at radius 1 is 1.43 bits per heavy atom. The van der Waals surface area contributed by atoms with Crippen LogP contribution >= 0.6 is 0 Å². The summed E-state index contributed by atoms with van der Waals surface area (Å²) in [5.41, 5.74) is 0. The van der Waals surface area contributed by atoms with Gasteiger partial charge in [0.15, 0.2) is 6.42 Å². The summed E-state index contributed by atoms with van der Waals surface area (Å²) < 4.78 is 16.5. The Balaban J connectivity index is 2.16. The van der Waals surface area contributed by atoms with Crippen LogP contribution in [0.3, 0.4) is 0 Å². The van der Waals surface area contributed by atoms with E-state index in [1.165, 1.54) is 7.11 Å². The van der Waals surface area contributed by atoms with Crippen molar-refractivity contribution in [2.24, 2.45) is 0 Å². The highest BCUT2D eigenvalue weighted by molar-refractivity contribution is 5.70. The van der Waals surface area contributed by atoms with Crippen molar-refractivity contribution in [3.63, 3.8) is 0 Å². The van der Waals surface area contributed by atoms with Gasteiger partial charge in [-0.3, -0.25) is 18.8 Å². The average Bonchev–Trinajstić information content (AvgIpc) is 2.57. The minimum absolute atomic E-state index is 0.181. The van der Waals surface area contributed by atoms with E-state index in [2.05, 4.69) is 11.8 Å². The molecule has 14 heavy (non-hydrogen) atoms. The summed E-state index contributed by atoms with van der Waals surface area (Å²) in [4.78, 5) is 11.3. The van der Waals surface area contributed by atoms with Gasteiger partial charge in [-0.25, -0.2) is 0 Å². The molecule has 0 amide bonds. The smallest absolute Gasteiger partial charge is 0.330 e. The second-order valence-corrected chi connectivity index (χ2v) is 4.01. The molecule has 5 heteroatoms. The molecule has 0 saturated carbocycles. The van der Waals surface area contributed by atoms with E-state index in [-0.39, 0.29) is 12.4 Å². The molecule has 0 radical (unpaired) electrons. The van der Waals surface area contributed by atoms with Crippen LogP contribution in [0.4, 0.5) is 0 Å². The largest absolute Gasteiger partial charge is 0.469 e. The molecule has 0 aromatic rings. The molecular weight excluding hydrogens is 186 g/mol. The zero-order valence-corrected chi connectivity index (χ0v) is 8.62. The number of rotatable bonds is 2. The number of carbonyl (C=O) groups excluding carboxylic acids is 1. The lowest BCUT2D eigenvalue weighted by molar-refractivity contribution is -0.963. The lowest BCUT2D eigenvalue weighted by Gasteiger charge is -2.34. The number of ether oxygens (including phenoxy) is 3. The predicted molar refractivity (Wildman–Crippen MR) is 47.2 cm³/mol. The van der Waals surface area contributed by atoms with Crippen molar-refractivity contribution in [1.29, 1.82) is 0 Å². The van der Waals surface area contributed by atoms with Crippen LogP contribution in [0.1, 0.15) is 6.42 Å². The van der Waals surface area contributed by atoms with Gasteiger partial charge in [0.2, 0.25) is 0 Å². The Hall–Kier alpha value is -0.650. The van der Waals surface area contributed by atoms with Gasteiger partial charge >= 0.3 is 11.9 Å². The van der Waals surface area contributed by atoms with E-state index in [4.69, 9.17) is 9.47 Å². The van der Waals surface area contributed by atoms with Crippen molar-refractivity contribution >= 4 is 5.97 Å². The molecule has 0 atom stereocenters. The van der Waals surface area contributed by atoms with Gasteiger partial charge in [-0.2, -0.15) is 0 Å². The second-order valence-electron chi connectivity index (χ2n) is 4.01. The van der Waals surface area contributed by atoms with Crippen LogP contribution < -0.4 is 0 Å². The number of nitrogens with zero attached hydrogens (tertiary/aromatic N) is 1. The Kier molecular flexibility index (Phi) is 2.25. The molecule has 0 N–H and O–H groups in total. The number of quaternary nitrogens is 1. The summed E-state index contributed by atoms with van der Waals surface area (Å²) in [5, 5.41) is 0. The number of methoxy groups -OCH3 is 1. The van der Waals surface area contributed by atoms with E-state index in [0.717, 1.165) is 13.1 Å². The summed E-state index contributed by atoms with van der Waals surface area (Å²) in [5.74, 6) is -1.05. The summed E-state index contributed by atoms with van der Waals surface area (Å²) >= 11 is 0. The van der Waals surface area contributed by atoms with Gasteiger partial charge < -0.3 is 4.74 Å². The fraction of sp³-hybridized carbons (Fsp3) is 0.889. The molecule has 2 rings (SSSR count). The van der Waals surface area contributed by atoms with Gasteiger partial charge in [-0.1, -0.05) is 0 Å². The van der Waals surface area contributed by atoms with Crippen molar-refractivity contribution in [3.8, 4) is 0 Å². The Morgan fingerprint density at radius 2 is 2.00 bits per heavy atom. The highest BCUT2D eigenvalue weighted by atomic mass is 16.7. The lowest BCUT2D eigenvalue weighted by atomic mass is 10.2. The molecule has 5 nitrogen and oxygen atoms in total. The van der Waals surface area contributed by atoms with Crippen LogP contribution in [0, 0.1) is 0 Å². The molecular formula is C9H16NO4+. The van der Waals surface area contributed by atoms with Gasteiger partial charge in [0, 0.05) is 0 Å². The predicted octanol–water partition coefficient (Wildman–Crippen LogP) is -0.290. The lowest BCUT2D eigenvalue weighted by Crippen LogP contribution is -2.56. The van der Waals surface area contributed by atoms with E-state index >= 15 is 0 Å². The minimum Gasteiger partial charge on any atom is -0.469 e. The fourth-order valence-electron chi connectivity index (χ4n) is 2.17. The number of esters is 1. The van der Waals surface area contributed by atoms with E-state index in [1.54, 1.807) is 0 Å². The zero-order chi connectivity index (χ0) is 10.2. The van der Waals surface area contributed by atoms with Gasteiger partial charge in [0.1, 0.15) is 26.3 Å². The summed E-state index contributed by atoms with van der Waals surface area (Å²) in [6.45, 7) is 3.09. The number of likely N-dealkylation sites (N-methyl/N-ethyl adjacent to an activating group) is 1. The van der Waals surface area contributed by atoms with Gasteiger partial charge in [-0.05, 0) is 0 Å². The maximum Gasteiger partial charge on any atom is 0.330 e. The average molecular weight is 202 g/mol. The molecule has 2 fully saturated rings. The third-order valence-corrected chi connectivity index (χ3v) is 3.24. The number of hydrogen-bond donors (Lipinski definition) is 0. The van der Waals surface area contributed by atoms with Crippen LogP contribution in [-0.2, 0) is 19.0 Å². The van der Waals surface area contributed by atoms with Crippen LogP contribution in [0.25, 0.3) is 0 Å². The molecule has 2 heterocycles. The molecule has 0 aliphatic carbocycles. The monoisotopic (exact) mass is 202 g/mol. The number of fused-ring (bicyclic) bond motifs is 1. The van der Waals surface area contributed by atoms with E-state index < -0.39 is 5.91 Å². The molecule has 0 spiro atoms. The first-order valence-corrected chi connectivity index (χ1v) is 4.81. The van der Waals surface area contributed by atoms with E-state index in [0.29, 0.717) is 17.7 Å². The van der Waals surface area contributed by atoms with Crippen molar-refractivity contribution in [2.75, 3.05) is 40.5 Å². The summed E-state index contributed by atoms with van der Waals surface area (Å²) in [7, 11) is 3.44. The maximum atomic E-state index is 11.3. The van der Waals surface area contributed by atoms with Crippen molar-refractivity contribution in [3.05, 3.63) is 0 Å². The first-order chi connectivity index (χ1) is 6.62. The first kappa shape index (κ1) is 9.89. The van der Waals surface area contributed by atoms with Crippen LogP contribution in [0.15, 0.2) is 0 Å². The molecule has 2 aliphatic rings. The summed E-state index contributed by atoms with van der Waals surface area (Å²) in [6, 6.07) is 0. The topological polar surface area (TPSA) is 44.8 Å². The molecule has 0 unspecified atom stereocenters. The second kappa shape index (κ2) is 3.18. The van der Waals surface area contributed by atoms with Crippen LogP contribution in [0.2, 0.25) is 0 Å². The highest BCUT2D eigenvalue weighted by Gasteiger charge is 2.61. The normalized spacial score (nSPS) is 41.0. The number of hydrogen-bond acceptors (Lipinski definition) is 4. The Labute approximate surface area is 83.1 Å². The minimum atomic E-state index is -0.771. The van der Waals surface area contributed by atoms with Crippen molar-refractivity contribution in [2.45, 2.75) is 12.3 Å². The molecule has 0 bridgehead atoms. The van der Waals surface area contributed by atoms with Crippen molar-refractivity contribution in [1.82, 2.24) is 0 Å². The quantitative estimate of drug-likeness (QED) is 0.456. The van der Waals surface area contributed by atoms with Gasteiger partial charge in [0.05, 0.1) is 14.2 Å². The van der Waals surface area contributed by atoms with E-state index in [1.807, 2.05) is 0 Å². The molecule has 0 aromatic heterocycles. The zero-order valence-electron chi connectivity index (χ0n) is 8.62. The highest BCUT2D eigenvalue weighted by Crippen LogP contribution is 2.38.